The molecule has 3 aromatic rings. The number of fused-ring (bicyclic) bond motifs is 5. The second-order valence-electron chi connectivity index (χ2n) is 5.49. The molecule has 1 amide bonds. The molecule has 0 aliphatic carbocycles. The molecule has 0 atom stereocenters. The molecule has 0 radical (unpaired) electrons. The van der Waals surface area contributed by atoms with Crippen molar-refractivity contribution >= 4 is 33.7 Å². The monoisotopic (exact) mass is 267 g/mol. The van der Waals surface area contributed by atoms with Crippen LogP contribution >= 0.6 is 0 Å². The van der Waals surface area contributed by atoms with E-state index in [0.717, 1.165) is 33.2 Å². The van der Waals surface area contributed by atoms with Gasteiger partial charge < -0.3 is 9.15 Å². The van der Waals surface area contributed by atoms with Gasteiger partial charge in [0.25, 0.3) is 0 Å². The minimum atomic E-state index is -0.717. The summed E-state index contributed by atoms with van der Waals surface area (Å²) >= 11 is 0. The molecule has 4 heteroatoms. The third kappa shape index (κ3) is 1.39. The number of cyclic esters (lactones) is 1. The van der Waals surface area contributed by atoms with Crippen LogP contribution in [-0.2, 0) is 10.3 Å². The molecule has 2 heterocycles. The number of hydrogen-bond donors (Lipinski definition) is 1. The van der Waals surface area contributed by atoms with E-state index < -0.39 is 11.7 Å². The highest BCUT2D eigenvalue weighted by molar-refractivity contribution is 6.08. The van der Waals surface area contributed by atoms with Crippen LogP contribution in [-0.4, -0.2) is 6.09 Å². The molecule has 0 fully saturated rings. The third-order valence-corrected chi connectivity index (χ3v) is 3.73. The van der Waals surface area contributed by atoms with Crippen LogP contribution in [0.2, 0.25) is 0 Å². The number of para-hydroxylation sites is 1. The Hall–Kier alpha value is -2.49. The third-order valence-electron chi connectivity index (χ3n) is 3.73. The maximum atomic E-state index is 11.6. The number of hydrogen-bond acceptors (Lipinski definition) is 3. The van der Waals surface area contributed by atoms with Crippen LogP contribution in [0.1, 0.15) is 19.4 Å². The summed E-state index contributed by atoms with van der Waals surface area (Å²) in [5.41, 5.74) is 2.52. The second kappa shape index (κ2) is 3.54. The number of furan rings is 1. The van der Waals surface area contributed by atoms with Gasteiger partial charge in [0, 0.05) is 10.8 Å². The Bertz CT molecular complexity index is 861. The van der Waals surface area contributed by atoms with Crippen molar-refractivity contribution in [3.8, 4) is 0 Å². The van der Waals surface area contributed by atoms with Crippen LogP contribution in [0.25, 0.3) is 21.9 Å². The number of rotatable bonds is 0. The average molecular weight is 267 g/mol. The van der Waals surface area contributed by atoms with E-state index in [1.165, 1.54) is 0 Å². The summed E-state index contributed by atoms with van der Waals surface area (Å²) in [7, 11) is 0. The Morgan fingerprint density at radius 3 is 2.70 bits per heavy atom. The van der Waals surface area contributed by atoms with Crippen molar-refractivity contribution in [3.63, 3.8) is 0 Å². The minimum Gasteiger partial charge on any atom is -0.456 e. The number of ether oxygens (including phenoxy) is 1. The first-order valence-electron chi connectivity index (χ1n) is 6.51. The minimum absolute atomic E-state index is 0.432. The SMILES string of the molecule is CC1(C)OC(=O)Nc2ccc3c(oc4ccccc43)c21. The molecule has 4 rings (SSSR count). The smallest absolute Gasteiger partial charge is 0.412 e. The molecule has 20 heavy (non-hydrogen) atoms. The fraction of sp³-hybridized carbons (Fsp3) is 0.188. The Morgan fingerprint density at radius 2 is 1.85 bits per heavy atom. The van der Waals surface area contributed by atoms with Crippen LogP contribution < -0.4 is 5.32 Å². The van der Waals surface area contributed by atoms with Crippen LogP contribution in [0.5, 0.6) is 0 Å². The number of anilines is 1. The second-order valence-corrected chi connectivity index (χ2v) is 5.49. The van der Waals surface area contributed by atoms with Gasteiger partial charge in [-0.3, -0.25) is 5.32 Å². The molecule has 0 unspecified atom stereocenters. The van der Waals surface area contributed by atoms with E-state index in [1.54, 1.807) is 0 Å². The normalized spacial score (nSPS) is 16.8. The topological polar surface area (TPSA) is 51.5 Å². The fourth-order valence-electron chi connectivity index (χ4n) is 2.91. The summed E-state index contributed by atoms with van der Waals surface area (Å²) in [4.78, 5) is 11.6. The number of amides is 1. The Labute approximate surface area is 115 Å². The van der Waals surface area contributed by atoms with E-state index in [0.29, 0.717) is 0 Å². The van der Waals surface area contributed by atoms with Gasteiger partial charge >= 0.3 is 6.09 Å². The Balaban J connectivity index is 2.16. The predicted molar refractivity (Wildman–Crippen MR) is 76.8 cm³/mol. The van der Waals surface area contributed by atoms with Crippen molar-refractivity contribution in [2.45, 2.75) is 19.4 Å². The molecule has 4 nitrogen and oxygen atoms in total. The lowest BCUT2D eigenvalue weighted by Crippen LogP contribution is -2.34. The molecular formula is C16H13NO3. The van der Waals surface area contributed by atoms with Crippen molar-refractivity contribution in [1.29, 1.82) is 0 Å². The zero-order chi connectivity index (χ0) is 13.9. The van der Waals surface area contributed by atoms with Crippen molar-refractivity contribution in [2.75, 3.05) is 5.32 Å². The molecule has 1 aliphatic heterocycles. The molecule has 0 saturated heterocycles. The first-order chi connectivity index (χ1) is 9.56. The molecule has 100 valence electrons. The van der Waals surface area contributed by atoms with Crippen molar-refractivity contribution < 1.29 is 13.9 Å². The summed E-state index contributed by atoms with van der Waals surface area (Å²) in [5, 5.41) is 4.83. The van der Waals surface area contributed by atoms with Gasteiger partial charge in [-0.25, -0.2) is 4.79 Å². The summed E-state index contributed by atoms with van der Waals surface area (Å²) in [6.07, 6.45) is -0.432. The molecule has 0 bridgehead atoms. The Morgan fingerprint density at radius 1 is 1.05 bits per heavy atom. The zero-order valence-corrected chi connectivity index (χ0v) is 11.2. The fourth-order valence-corrected chi connectivity index (χ4v) is 2.91. The summed E-state index contributed by atoms with van der Waals surface area (Å²) in [5.74, 6) is 0. The summed E-state index contributed by atoms with van der Waals surface area (Å²) in [6.45, 7) is 3.74. The molecule has 1 aromatic heterocycles. The van der Waals surface area contributed by atoms with Crippen molar-refractivity contribution in [3.05, 3.63) is 42.0 Å². The number of carbonyl (C=O) groups excluding carboxylic acids is 1. The standard InChI is InChI=1S/C16H13NO3/c1-16(2)13-11(17-15(18)20-16)8-7-10-9-5-3-4-6-12(9)19-14(10)13/h3-8H,1-2H3,(H,17,18). The van der Waals surface area contributed by atoms with Crippen molar-refractivity contribution in [1.82, 2.24) is 0 Å². The lowest BCUT2D eigenvalue weighted by Gasteiger charge is -2.32. The van der Waals surface area contributed by atoms with Crippen LogP contribution in [0, 0.1) is 0 Å². The molecule has 0 saturated carbocycles. The van der Waals surface area contributed by atoms with Crippen LogP contribution in [0.3, 0.4) is 0 Å². The number of nitrogens with one attached hydrogen (secondary N) is 1. The van der Waals surface area contributed by atoms with Crippen molar-refractivity contribution in [2.24, 2.45) is 0 Å². The first kappa shape index (κ1) is 11.3. The molecular weight excluding hydrogens is 254 g/mol. The van der Waals surface area contributed by atoms with Gasteiger partial charge in [-0.05, 0) is 32.0 Å². The van der Waals surface area contributed by atoms with Gasteiger partial charge in [0.2, 0.25) is 0 Å². The lowest BCUT2D eigenvalue weighted by molar-refractivity contribution is 0.0426. The maximum absolute atomic E-state index is 11.6. The molecule has 1 aliphatic rings. The van der Waals surface area contributed by atoms with Gasteiger partial charge in [0.05, 0.1) is 11.3 Å². The van der Waals surface area contributed by atoms with Crippen LogP contribution in [0.4, 0.5) is 10.5 Å². The highest BCUT2D eigenvalue weighted by Crippen LogP contribution is 2.43. The highest BCUT2D eigenvalue weighted by atomic mass is 16.6. The molecule has 1 N–H and O–H groups in total. The first-order valence-corrected chi connectivity index (χ1v) is 6.51. The largest absolute Gasteiger partial charge is 0.456 e. The molecule has 2 aromatic carbocycles. The van der Waals surface area contributed by atoms with E-state index in [2.05, 4.69) is 5.32 Å². The van der Waals surface area contributed by atoms with Gasteiger partial charge in [0.1, 0.15) is 16.8 Å². The quantitative estimate of drug-likeness (QED) is 0.657. The highest BCUT2D eigenvalue weighted by Gasteiger charge is 2.36. The van der Waals surface area contributed by atoms with Gasteiger partial charge in [0.15, 0.2) is 0 Å². The van der Waals surface area contributed by atoms with E-state index in [4.69, 9.17) is 9.15 Å². The van der Waals surface area contributed by atoms with E-state index in [-0.39, 0.29) is 0 Å². The molecule has 0 spiro atoms. The average Bonchev–Trinajstić information content (AvgIpc) is 2.74. The maximum Gasteiger partial charge on any atom is 0.412 e. The summed E-state index contributed by atoms with van der Waals surface area (Å²) < 4.78 is 11.4. The van der Waals surface area contributed by atoms with E-state index in [1.807, 2.05) is 50.2 Å². The number of carbonyl (C=O) groups is 1. The van der Waals surface area contributed by atoms with E-state index in [9.17, 15) is 4.79 Å². The van der Waals surface area contributed by atoms with Gasteiger partial charge in [-0.1, -0.05) is 18.2 Å². The lowest BCUT2D eigenvalue weighted by atomic mass is 9.92. The Kier molecular flexibility index (Phi) is 2.01. The zero-order valence-electron chi connectivity index (χ0n) is 11.2. The predicted octanol–water partition coefficient (Wildman–Crippen LogP) is 4.38. The van der Waals surface area contributed by atoms with Crippen LogP contribution in [0.15, 0.2) is 40.8 Å². The van der Waals surface area contributed by atoms with Gasteiger partial charge in [-0.2, -0.15) is 0 Å². The van der Waals surface area contributed by atoms with E-state index >= 15 is 0 Å². The number of benzene rings is 2. The van der Waals surface area contributed by atoms with Gasteiger partial charge in [-0.15, -0.1) is 0 Å². The summed E-state index contributed by atoms with van der Waals surface area (Å²) in [6, 6.07) is 11.8.